The molecule has 2 aromatic heterocycles. The quantitative estimate of drug-likeness (QED) is 0.622. The Morgan fingerprint density at radius 2 is 2.04 bits per heavy atom. The molecule has 0 aliphatic carbocycles. The lowest BCUT2D eigenvalue weighted by Crippen LogP contribution is -2.38. The molecular formula is C19H21FN4O2S. The first-order valence-corrected chi connectivity index (χ1v) is 9.92. The first kappa shape index (κ1) is 19.2. The smallest absolute Gasteiger partial charge is 0.257 e. The Morgan fingerprint density at radius 1 is 1.30 bits per heavy atom. The van der Waals surface area contributed by atoms with Crippen LogP contribution in [0.4, 0.5) is 4.39 Å². The number of nitrogens with one attached hydrogen (secondary N) is 1. The van der Waals surface area contributed by atoms with Gasteiger partial charge in [0, 0.05) is 12.4 Å². The van der Waals surface area contributed by atoms with Crippen LogP contribution < -0.4 is 5.32 Å². The molecule has 0 radical (unpaired) electrons. The number of amides is 1. The van der Waals surface area contributed by atoms with Crippen molar-refractivity contribution in [3.8, 4) is 11.5 Å². The zero-order valence-corrected chi connectivity index (χ0v) is 15.7. The Labute approximate surface area is 161 Å². The highest BCUT2D eigenvalue weighted by molar-refractivity contribution is 7.98. The molecule has 0 fully saturated rings. The summed E-state index contributed by atoms with van der Waals surface area (Å²) in [5.41, 5.74) is 0.554. The maximum atomic E-state index is 14.3. The minimum Gasteiger partial charge on any atom is -0.394 e. The number of carbonyl (C=O) groups is 1. The molecule has 6 nitrogen and oxygen atoms in total. The molecule has 3 rings (SSSR count). The van der Waals surface area contributed by atoms with E-state index in [0.29, 0.717) is 17.8 Å². The molecule has 2 heterocycles. The Bertz CT molecular complexity index is 895. The molecule has 1 amide bonds. The summed E-state index contributed by atoms with van der Waals surface area (Å²) in [6.07, 6.45) is 7.58. The molecule has 0 bridgehead atoms. The number of rotatable bonds is 8. The summed E-state index contributed by atoms with van der Waals surface area (Å²) in [6.45, 7) is -0.146. The number of thioether (sulfide) groups is 1. The highest BCUT2D eigenvalue weighted by Crippen LogP contribution is 2.22. The molecule has 8 heteroatoms. The number of hydrogen-bond acceptors (Lipinski definition) is 4. The third kappa shape index (κ3) is 4.23. The van der Waals surface area contributed by atoms with Crippen LogP contribution in [0, 0.1) is 5.82 Å². The van der Waals surface area contributed by atoms with Crippen LogP contribution in [0.15, 0.2) is 55.0 Å². The summed E-state index contributed by atoms with van der Waals surface area (Å²) in [5.74, 6) is 0.463. The number of aromatic nitrogens is 3. The van der Waals surface area contributed by atoms with Gasteiger partial charge in [-0.15, -0.1) is 0 Å². The number of nitrogens with zero attached hydrogens (tertiary/aromatic N) is 3. The molecule has 1 aromatic carbocycles. The van der Waals surface area contributed by atoms with Gasteiger partial charge in [0.25, 0.3) is 5.91 Å². The van der Waals surface area contributed by atoms with Crippen molar-refractivity contribution in [1.29, 1.82) is 0 Å². The van der Waals surface area contributed by atoms with E-state index in [1.54, 1.807) is 46.9 Å². The van der Waals surface area contributed by atoms with Gasteiger partial charge in [0.1, 0.15) is 17.1 Å². The maximum Gasteiger partial charge on any atom is 0.257 e. The van der Waals surface area contributed by atoms with Crippen LogP contribution in [-0.4, -0.2) is 50.0 Å². The first-order chi connectivity index (χ1) is 13.2. The van der Waals surface area contributed by atoms with Crippen molar-refractivity contribution in [2.24, 2.45) is 0 Å². The van der Waals surface area contributed by atoms with Crippen molar-refractivity contribution < 1.29 is 14.3 Å². The topological polar surface area (TPSA) is 72.1 Å². The fourth-order valence-corrected chi connectivity index (χ4v) is 3.28. The van der Waals surface area contributed by atoms with Gasteiger partial charge in [-0.2, -0.15) is 16.9 Å². The van der Waals surface area contributed by atoms with Gasteiger partial charge in [0.15, 0.2) is 5.82 Å². The van der Waals surface area contributed by atoms with Crippen LogP contribution in [0.2, 0.25) is 0 Å². The summed E-state index contributed by atoms with van der Waals surface area (Å²) >= 11 is 1.65. The normalized spacial score (nSPS) is 12.1. The minimum absolute atomic E-state index is 0.146. The molecule has 27 heavy (non-hydrogen) atoms. The molecule has 0 saturated carbocycles. The van der Waals surface area contributed by atoms with Crippen molar-refractivity contribution in [1.82, 2.24) is 19.7 Å². The highest BCUT2D eigenvalue weighted by Gasteiger charge is 2.23. The van der Waals surface area contributed by atoms with Gasteiger partial charge >= 0.3 is 0 Å². The molecule has 142 valence electrons. The largest absolute Gasteiger partial charge is 0.394 e. The second-order valence-corrected chi connectivity index (χ2v) is 6.96. The van der Waals surface area contributed by atoms with E-state index in [2.05, 4.69) is 10.4 Å². The lowest BCUT2D eigenvalue weighted by Gasteiger charge is -2.16. The molecule has 0 saturated heterocycles. The number of hydrogen-bond donors (Lipinski definition) is 2. The van der Waals surface area contributed by atoms with E-state index in [0.717, 1.165) is 5.75 Å². The van der Waals surface area contributed by atoms with Crippen molar-refractivity contribution in [2.45, 2.75) is 12.5 Å². The van der Waals surface area contributed by atoms with E-state index in [4.69, 9.17) is 0 Å². The van der Waals surface area contributed by atoms with Crippen LogP contribution in [0.25, 0.3) is 11.5 Å². The summed E-state index contributed by atoms with van der Waals surface area (Å²) < 4.78 is 17.4. The molecular weight excluding hydrogens is 367 g/mol. The molecule has 0 spiro atoms. The van der Waals surface area contributed by atoms with E-state index >= 15 is 0 Å². The van der Waals surface area contributed by atoms with Gasteiger partial charge in [-0.05, 0) is 42.7 Å². The Kier molecular flexibility index (Phi) is 6.31. The van der Waals surface area contributed by atoms with Gasteiger partial charge in [0.2, 0.25) is 0 Å². The number of aliphatic hydroxyl groups excluding tert-OH is 1. The third-order valence-electron chi connectivity index (χ3n) is 4.14. The average molecular weight is 388 g/mol. The van der Waals surface area contributed by atoms with Gasteiger partial charge in [-0.25, -0.2) is 9.07 Å². The standard InChI is InChI=1S/C19H21FN4O2S/c1-27-11-8-14(13-25)22-18(26)15-12-21-24(17-7-3-2-6-16(17)20)19(15)23-9-4-5-10-23/h2-7,9-10,12,14,25H,8,11,13H2,1H3,(H,22,26)/t14-/m1/s1. The Balaban J connectivity index is 1.99. The molecule has 3 aromatic rings. The predicted molar refractivity (Wildman–Crippen MR) is 104 cm³/mol. The minimum atomic E-state index is -0.436. The highest BCUT2D eigenvalue weighted by atomic mass is 32.2. The fraction of sp³-hybridized carbons (Fsp3) is 0.263. The van der Waals surface area contributed by atoms with Crippen LogP contribution in [0.3, 0.4) is 0 Å². The maximum absolute atomic E-state index is 14.3. The molecule has 0 unspecified atom stereocenters. The molecule has 0 aliphatic rings. The van der Waals surface area contributed by atoms with Crippen LogP contribution >= 0.6 is 11.8 Å². The van der Waals surface area contributed by atoms with E-state index in [-0.39, 0.29) is 24.2 Å². The van der Waals surface area contributed by atoms with Gasteiger partial charge < -0.3 is 15.0 Å². The van der Waals surface area contributed by atoms with Crippen molar-refractivity contribution in [3.63, 3.8) is 0 Å². The fourth-order valence-electron chi connectivity index (χ4n) is 2.76. The zero-order valence-electron chi connectivity index (χ0n) is 14.9. The van der Waals surface area contributed by atoms with Gasteiger partial charge in [-0.3, -0.25) is 4.79 Å². The van der Waals surface area contributed by atoms with E-state index in [1.807, 2.05) is 18.4 Å². The van der Waals surface area contributed by atoms with Crippen molar-refractivity contribution in [3.05, 3.63) is 66.4 Å². The number of halogens is 1. The Hall–Kier alpha value is -2.58. The summed E-state index contributed by atoms with van der Waals surface area (Å²) in [7, 11) is 0. The third-order valence-corrected chi connectivity index (χ3v) is 4.79. The second-order valence-electron chi connectivity index (χ2n) is 5.97. The van der Waals surface area contributed by atoms with E-state index < -0.39 is 5.82 Å². The Morgan fingerprint density at radius 3 is 2.70 bits per heavy atom. The van der Waals surface area contributed by atoms with E-state index in [9.17, 15) is 14.3 Å². The average Bonchev–Trinajstić information content (AvgIpc) is 3.34. The predicted octanol–water partition coefficient (Wildman–Crippen LogP) is 2.65. The SMILES string of the molecule is CSCC[C@H](CO)NC(=O)c1cnn(-c2ccccc2F)c1-n1cccc1. The number of para-hydroxylation sites is 1. The second kappa shape index (κ2) is 8.88. The number of benzene rings is 1. The van der Waals surface area contributed by atoms with Gasteiger partial charge in [-0.1, -0.05) is 12.1 Å². The van der Waals surface area contributed by atoms with E-state index in [1.165, 1.54) is 16.9 Å². The monoisotopic (exact) mass is 388 g/mol. The van der Waals surface area contributed by atoms with Crippen LogP contribution in [-0.2, 0) is 0 Å². The lowest BCUT2D eigenvalue weighted by atomic mass is 10.2. The van der Waals surface area contributed by atoms with Gasteiger partial charge in [0.05, 0.1) is 18.8 Å². The molecule has 0 aliphatic heterocycles. The zero-order chi connectivity index (χ0) is 19.2. The number of carbonyl (C=O) groups excluding carboxylic acids is 1. The van der Waals surface area contributed by atoms with Crippen LogP contribution in [0.1, 0.15) is 16.8 Å². The van der Waals surface area contributed by atoms with Crippen molar-refractivity contribution in [2.75, 3.05) is 18.6 Å². The summed E-state index contributed by atoms with van der Waals surface area (Å²) in [6, 6.07) is 9.54. The first-order valence-electron chi connectivity index (χ1n) is 8.52. The molecule has 2 N–H and O–H groups in total. The summed E-state index contributed by atoms with van der Waals surface area (Å²) in [5, 5.41) is 16.6. The number of aliphatic hydroxyl groups is 1. The summed E-state index contributed by atoms with van der Waals surface area (Å²) in [4.78, 5) is 12.8. The molecule has 1 atom stereocenters. The van der Waals surface area contributed by atoms with Crippen molar-refractivity contribution >= 4 is 17.7 Å². The lowest BCUT2D eigenvalue weighted by molar-refractivity contribution is 0.0915. The van der Waals surface area contributed by atoms with Crippen LogP contribution in [0.5, 0.6) is 0 Å².